The van der Waals surface area contributed by atoms with Gasteiger partial charge in [-0.3, -0.25) is 9.69 Å². The van der Waals surface area contributed by atoms with Crippen LogP contribution in [0.5, 0.6) is 17.2 Å². The van der Waals surface area contributed by atoms with Gasteiger partial charge < -0.3 is 24.8 Å². The molecule has 1 aliphatic carbocycles. The smallest absolute Gasteiger partial charge is 0.237 e. The highest BCUT2D eigenvalue weighted by atomic mass is 16.5. The number of amides is 1. The van der Waals surface area contributed by atoms with Gasteiger partial charge in [-0.05, 0) is 51.0 Å². The summed E-state index contributed by atoms with van der Waals surface area (Å²) in [5, 5.41) is 9.43. The van der Waals surface area contributed by atoms with E-state index in [2.05, 4.69) is 11.0 Å². The van der Waals surface area contributed by atoms with E-state index in [-0.39, 0.29) is 24.5 Å². The number of nitrogens with two attached hydrogens (primary N) is 1. The molecule has 1 amide bonds. The molecule has 176 valence electrons. The average Bonchev–Trinajstić information content (AvgIpc) is 3.32. The van der Waals surface area contributed by atoms with Crippen LogP contribution in [0.1, 0.15) is 44.1 Å². The number of carbonyl (C=O) groups is 1. The molecule has 2 fully saturated rings. The Hall–Kier alpha value is -2.50. The molecule has 0 spiro atoms. The van der Waals surface area contributed by atoms with Crippen LogP contribution in [0.4, 0.5) is 0 Å². The Morgan fingerprint density at radius 3 is 2.31 bits per heavy atom. The van der Waals surface area contributed by atoms with E-state index in [4.69, 9.17) is 19.9 Å². The van der Waals surface area contributed by atoms with Gasteiger partial charge in [0, 0.05) is 31.3 Å². The first-order valence-corrected chi connectivity index (χ1v) is 11.5. The average molecular weight is 445 g/mol. The van der Waals surface area contributed by atoms with Crippen LogP contribution < -0.4 is 19.9 Å². The first kappa shape index (κ1) is 24.1. The van der Waals surface area contributed by atoms with Gasteiger partial charge in [0.05, 0.1) is 39.5 Å². The normalized spacial score (nSPS) is 23.1. The van der Waals surface area contributed by atoms with Gasteiger partial charge in [-0.1, -0.05) is 0 Å². The topological polar surface area (TPSA) is 101 Å². The molecule has 3 rings (SSSR count). The molecule has 8 nitrogen and oxygen atoms in total. The molecule has 1 heterocycles. The third-order valence-corrected chi connectivity index (χ3v) is 6.90. The van der Waals surface area contributed by atoms with E-state index in [0.29, 0.717) is 42.8 Å². The molecule has 1 aliphatic heterocycles. The molecule has 0 radical (unpaired) electrons. The van der Waals surface area contributed by atoms with Gasteiger partial charge in [0.15, 0.2) is 0 Å². The van der Waals surface area contributed by atoms with Crippen LogP contribution in [0, 0.1) is 17.2 Å². The molecule has 1 aromatic rings. The number of hydrogen-bond donors (Lipinski definition) is 1. The third-order valence-electron chi connectivity index (χ3n) is 6.90. The molecule has 0 unspecified atom stereocenters. The van der Waals surface area contributed by atoms with Crippen LogP contribution in [0.25, 0.3) is 0 Å². The second kappa shape index (κ2) is 11.4. The predicted octanol–water partition coefficient (Wildman–Crippen LogP) is 2.55. The Balaban J connectivity index is 1.86. The van der Waals surface area contributed by atoms with Crippen molar-refractivity contribution in [2.75, 3.05) is 41.0 Å². The zero-order chi connectivity index (χ0) is 23.1. The van der Waals surface area contributed by atoms with Crippen molar-refractivity contribution in [1.82, 2.24) is 9.80 Å². The van der Waals surface area contributed by atoms with Crippen molar-refractivity contribution in [3.05, 3.63) is 17.7 Å². The molecule has 8 heteroatoms. The van der Waals surface area contributed by atoms with E-state index >= 15 is 0 Å². The number of nitriles is 1. The van der Waals surface area contributed by atoms with E-state index in [1.165, 1.54) is 0 Å². The van der Waals surface area contributed by atoms with Crippen LogP contribution in [-0.4, -0.2) is 68.8 Å². The highest BCUT2D eigenvalue weighted by Gasteiger charge is 2.33. The summed E-state index contributed by atoms with van der Waals surface area (Å²) in [4.78, 5) is 17.2. The van der Waals surface area contributed by atoms with Crippen molar-refractivity contribution in [3.8, 4) is 23.3 Å². The maximum absolute atomic E-state index is 13.2. The Morgan fingerprint density at radius 2 is 1.78 bits per heavy atom. The van der Waals surface area contributed by atoms with Crippen molar-refractivity contribution in [2.24, 2.45) is 11.7 Å². The van der Waals surface area contributed by atoms with Gasteiger partial charge in [-0.2, -0.15) is 5.26 Å². The molecule has 1 aromatic carbocycles. The minimum absolute atomic E-state index is 0.0152. The summed E-state index contributed by atoms with van der Waals surface area (Å²) in [6.45, 7) is 2.16. The van der Waals surface area contributed by atoms with Gasteiger partial charge in [-0.25, -0.2) is 0 Å². The van der Waals surface area contributed by atoms with Gasteiger partial charge >= 0.3 is 0 Å². The molecule has 0 bridgehead atoms. The summed E-state index contributed by atoms with van der Waals surface area (Å²) in [5.74, 6) is 2.56. The summed E-state index contributed by atoms with van der Waals surface area (Å²) in [7, 11) is 4.86. The predicted molar refractivity (Wildman–Crippen MR) is 122 cm³/mol. The second-order valence-electron chi connectivity index (χ2n) is 8.70. The number of hydrogen-bond acceptors (Lipinski definition) is 7. The summed E-state index contributed by atoms with van der Waals surface area (Å²) in [5.41, 5.74) is 6.79. The Kier molecular flexibility index (Phi) is 8.60. The molecular formula is C24H36N4O4. The molecule has 1 saturated carbocycles. The third kappa shape index (κ3) is 5.45. The van der Waals surface area contributed by atoms with E-state index in [1.54, 1.807) is 26.2 Å². The van der Waals surface area contributed by atoms with Gasteiger partial charge in [-0.15, -0.1) is 0 Å². The standard InChI is InChI=1S/C24H36N4O4/c1-30-20-11-22(31-2)21(23(12-20)32-3)15-27(18-8-6-17(13-25)7-9-18)16-24(29)28-10-4-5-19(28)14-26/h11-12,17-19H,4-10,13,15-16,25H2,1-3H3/t17?,18?,19-/m0/s1. The Labute approximate surface area is 191 Å². The number of benzene rings is 1. The van der Waals surface area contributed by atoms with Crippen molar-refractivity contribution < 1.29 is 19.0 Å². The summed E-state index contributed by atoms with van der Waals surface area (Å²) >= 11 is 0. The maximum Gasteiger partial charge on any atom is 0.237 e. The fourth-order valence-corrected chi connectivity index (χ4v) is 4.96. The van der Waals surface area contributed by atoms with E-state index < -0.39 is 0 Å². The number of rotatable bonds is 9. The lowest BCUT2D eigenvalue weighted by atomic mass is 9.85. The largest absolute Gasteiger partial charge is 0.496 e. The van der Waals surface area contributed by atoms with Crippen molar-refractivity contribution >= 4 is 5.91 Å². The quantitative estimate of drug-likeness (QED) is 0.625. The molecule has 2 aliphatic rings. The lowest BCUT2D eigenvalue weighted by Gasteiger charge is -2.37. The van der Waals surface area contributed by atoms with Crippen LogP contribution in [-0.2, 0) is 11.3 Å². The fourth-order valence-electron chi connectivity index (χ4n) is 4.96. The zero-order valence-electron chi connectivity index (χ0n) is 19.5. The van der Waals surface area contributed by atoms with Gasteiger partial charge in [0.25, 0.3) is 0 Å². The van der Waals surface area contributed by atoms with Crippen LogP contribution >= 0.6 is 0 Å². The number of ether oxygens (including phenoxy) is 3. The first-order valence-electron chi connectivity index (χ1n) is 11.5. The molecule has 1 saturated heterocycles. The van der Waals surface area contributed by atoms with Crippen molar-refractivity contribution in [2.45, 2.75) is 57.2 Å². The zero-order valence-corrected chi connectivity index (χ0v) is 19.5. The van der Waals surface area contributed by atoms with Gasteiger partial charge in [0.1, 0.15) is 23.3 Å². The van der Waals surface area contributed by atoms with Crippen LogP contribution in [0.15, 0.2) is 12.1 Å². The molecule has 32 heavy (non-hydrogen) atoms. The minimum Gasteiger partial charge on any atom is -0.496 e. The summed E-state index contributed by atoms with van der Waals surface area (Å²) in [6, 6.07) is 5.91. The van der Waals surface area contributed by atoms with E-state index in [9.17, 15) is 10.1 Å². The fraction of sp³-hybridized carbons (Fsp3) is 0.667. The number of nitrogens with zero attached hydrogens (tertiary/aromatic N) is 3. The summed E-state index contributed by atoms with van der Waals surface area (Å²) in [6.07, 6.45) is 5.76. The van der Waals surface area contributed by atoms with E-state index in [0.717, 1.165) is 44.1 Å². The van der Waals surface area contributed by atoms with Crippen molar-refractivity contribution in [1.29, 1.82) is 5.26 Å². The van der Waals surface area contributed by atoms with Crippen LogP contribution in [0.2, 0.25) is 0 Å². The number of carbonyl (C=O) groups excluding carboxylic acids is 1. The SMILES string of the molecule is COc1cc(OC)c(CN(CC(=O)N2CCC[C@H]2C#N)C2CCC(CN)CC2)c(OC)c1. The minimum atomic E-state index is -0.317. The second-order valence-corrected chi connectivity index (χ2v) is 8.70. The molecule has 1 atom stereocenters. The first-order chi connectivity index (χ1) is 15.5. The Morgan fingerprint density at radius 1 is 1.12 bits per heavy atom. The molecule has 2 N–H and O–H groups in total. The summed E-state index contributed by atoms with van der Waals surface area (Å²) < 4.78 is 16.7. The lowest BCUT2D eigenvalue weighted by molar-refractivity contribution is -0.133. The van der Waals surface area contributed by atoms with Crippen LogP contribution in [0.3, 0.4) is 0 Å². The number of methoxy groups -OCH3 is 3. The highest BCUT2D eigenvalue weighted by Crippen LogP contribution is 2.37. The lowest BCUT2D eigenvalue weighted by Crippen LogP contribution is -2.46. The highest BCUT2D eigenvalue weighted by molar-refractivity contribution is 5.79. The molecule has 0 aromatic heterocycles. The Bertz CT molecular complexity index is 792. The maximum atomic E-state index is 13.2. The molecular weight excluding hydrogens is 408 g/mol. The van der Waals surface area contributed by atoms with Crippen molar-refractivity contribution in [3.63, 3.8) is 0 Å². The number of likely N-dealkylation sites (tertiary alicyclic amines) is 1. The van der Waals surface area contributed by atoms with E-state index in [1.807, 2.05) is 12.1 Å². The van der Waals surface area contributed by atoms with Gasteiger partial charge in [0.2, 0.25) is 5.91 Å². The monoisotopic (exact) mass is 444 g/mol.